The normalized spacial score (nSPS) is 13.8. The highest BCUT2D eigenvalue weighted by Crippen LogP contribution is 2.24. The first-order chi connectivity index (χ1) is 14.9. The first-order valence-electron chi connectivity index (χ1n) is 9.83. The SMILES string of the molecule is CC(=O)N[C@@H](Cc1ccc(-c2nccc(-c3cc4c([nH]3)CCNC4=O)n2)cc1)C(=O)O. The minimum Gasteiger partial charge on any atom is -0.480 e. The number of aliphatic carboxylic acids is 1. The number of nitrogens with zero attached hydrogens (tertiary/aromatic N) is 2. The molecule has 9 heteroatoms. The number of amides is 2. The van der Waals surface area contributed by atoms with E-state index in [1.165, 1.54) is 6.92 Å². The number of carbonyl (C=O) groups excluding carboxylic acids is 2. The van der Waals surface area contributed by atoms with E-state index in [2.05, 4.69) is 25.6 Å². The molecule has 3 heterocycles. The number of fused-ring (bicyclic) bond motifs is 1. The van der Waals surface area contributed by atoms with Crippen molar-refractivity contribution >= 4 is 17.8 Å². The van der Waals surface area contributed by atoms with Crippen LogP contribution in [0.25, 0.3) is 22.8 Å². The van der Waals surface area contributed by atoms with Gasteiger partial charge in [-0.05, 0) is 17.7 Å². The van der Waals surface area contributed by atoms with Gasteiger partial charge in [0, 0.05) is 43.8 Å². The Morgan fingerprint density at radius 2 is 2.00 bits per heavy atom. The summed E-state index contributed by atoms with van der Waals surface area (Å²) in [5.74, 6) is -1.05. The van der Waals surface area contributed by atoms with Gasteiger partial charge in [0.15, 0.2) is 5.82 Å². The lowest BCUT2D eigenvalue weighted by atomic mass is 10.0. The Kier molecular flexibility index (Phi) is 5.48. The number of benzene rings is 1. The number of carboxylic acid groups (broad SMARTS) is 1. The van der Waals surface area contributed by atoms with Crippen molar-refractivity contribution in [1.82, 2.24) is 25.6 Å². The predicted molar refractivity (Wildman–Crippen MR) is 112 cm³/mol. The van der Waals surface area contributed by atoms with Gasteiger partial charge in [-0.15, -0.1) is 0 Å². The summed E-state index contributed by atoms with van der Waals surface area (Å²) in [4.78, 5) is 46.8. The molecular weight excluding hydrogens is 398 g/mol. The van der Waals surface area contributed by atoms with Crippen molar-refractivity contribution in [3.8, 4) is 22.8 Å². The maximum atomic E-state index is 12.0. The van der Waals surface area contributed by atoms with Crippen LogP contribution in [0.4, 0.5) is 0 Å². The highest BCUT2D eigenvalue weighted by Gasteiger charge is 2.21. The van der Waals surface area contributed by atoms with Gasteiger partial charge < -0.3 is 20.7 Å². The van der Waals surface area contributed by atoms with Crippen LogP contribution in [0.1, 0.15) is 28.5 Å². The molecule has 0 unspecified atom stereocenters. The van der Waals surface area contributed by atoms with Crippen molar-refractivity contribution in [2.24, 2.45) is 0 Å². The van der Waals surface area contributed by atoms with Crippen molar-refractivity contribution in [2.75, 3.05) is 6.54 Å². The average molecular weight is 419 g/mol. The number of carbonyl (C=O) groups is 3. The van der Waals surface area contributed by atoms with Crippen LogP contribution in [0.15, 0.2) is 42.6 Å². The second kappa shape index (κ2) is 8.39. The number of rotatable bonds is 6. The van der Waals surface area contributed by atoms with E-state index in [4.69, 9.17) is 0 Å². The fourth-order valence-corrected chi connectivity index (χ4v) is 3.55. The van der Waals surface area contributed by atoms with Crippen LogP contribution in [0.3, 0.4) is 0 Å². The molecule has 0 saturated carbocycles. The molecule has 9 nitrogen and oxygen atoms in total. The van der Waals surface area contributed by atoms with Crippen molar-refractivity contribution in [3.05, 3.63) is 59.4 Å². The average Bonchev–Trinajstić information content (AvgIpc) is 3.19. The smallest absolute Gasteiger partial charge is 0.326 e. The van der Waals surface area contributed by atoms with E-state index in [-0.39, 0.29) is 12.3 Å². The van der Waals surface area contributed by atoms with Gasteiger partial charge in [-0.2, -0.15) is 0 Å². The zero-order valence-corrected chi connectivity index (χ0v) is 16.8. The third kappa shape index (κ3) is 4.45. The fraction of sp³-hybridized carbons (Fsp3) is 0.227. The fourth-order valence-electron chi connectivity index (χ4n) is 3.55. The van der Waals surface area contributed by atoms with E-state index < -0.39 is 17.9 Å². The number of H-pyrrole nitrogens is 1. The van der Waals surface area contributed by atoms with Crippen molar-refractivity contribution < 1.29 is 19.5 Å². The first-order valence-corrected chi connectivity index (χ1v) is 9.83. The van der Waals surface area contributed by atoms with E-state index in [0.29, 0.717) is 23.6 Å². The summed E-state index contributed by atoms with van der Waals surface area (Å²) < 4.78 is 0. The van der Waals surface area contributed by atoms with Gasteiger partial charge in [0.2, 0.25) is 5.91 Å². The summed E-state index contributed by atoms with van der Waals surface area (Å²) in [5, 5.41) is 14.5. The van der Waals surface area contributed by atoms with E-state index >= 15 is 0 Å². The number of aromatic amines is 1. The first kappa shape index (κ1) is 20.3. The molecule has 0 bridgehead atoms. The zero-order valence-electron chi connectivity index (χ0n) is 16.8. The third-order valence-corrected chi connectivity index (χ3v) is 5.06. The summed E-state index contributed by atoms with van der Waals surface area (Å²) in [7, 11) is 0. The number of hydrogen-bond acceptors (Lipinski definition) is 5. The summed E-state index contributed by atoms with van der Waals surface area (Å²) in [6.07, 6.45) is 2.57. The topological polar surface area (TPSA) is 137 Å². The molecule has 1 aliphatic rings. The van der Waals surface area contributed by atoms with Crippen LogP contribution in [0.2, 0.25) is 0 Å². The lowest BCUT2D eigenvalue weighted by Crippen LogP contribution is -2.41. The van der Waals surface area contributed by atoms with E-state index in [1.807, 2.05) is 12.1 Å². The van der Waals surface area contributed by atoms with Crippen LogP contribution in [-0.4, -0.2) is 50.4 Å². The largest absolute Gasteiger partial charge is 0.480 e. The molecule has 3 aromatic rings. The predicted octanol–water partition coefficient (Wildman–Crippen LogP) is 1.56. The molecule has 0 fully saturated rings. The third-order valence-electron chi connectivity index (χ3n) is 5.06. The van der Waals surface area contributed by atoms with Gasteiger partial charge in [-0.25, -0.2) is 14.8 Å². The van der Waals surface area contributed by atoms with E-state index in [0.717, 1.165) is 28.9 Å². The number of carboxylic acids is 1. The monoisotopic (exact) mass is 419 g/mol. The maximum Gasteiger partial charge on any atom is 0.326 e. The van der Waals surface area contributed by atoms with Crippen LogP contribution in [-0.2, 0) is 22.4 Å². The van der Waals surface area contributed by atoms with Gasteiger partial charge in [0.25, 0.3) is 5.91 Å². The van der Waals surface area contributed by atoms with Crippen LogP contribution >= 0.6 is 0 Å². The van der Waals surface area contributed by atoms with Crippen LogP contribution < -0.4 is 10.6 Å². The molecule has 0 saturated heterocycles. The van der Waals surface area contributed by atoms with Gasteiger partial charge in [0.1, 0.15) is 6.04 Å². The van der Waals surface area contributed by atoms with Crippen LogP contribution in [0, 0.1) is 0 Å². The van der Waals surface area contributed by atoms with E-state index in [9.17, 15) is 19.5 Å². The Labute approximate surface area is 177 Å². The van der Waals surface area contributed by atoms with Crippen LogP contribution in [0.5, 0.6) is 0 Å². The summed E-state index contributed by atoms with van der Waals surface area (Å²) in [6.45, 7) is 1.90. The standard InChI is InChI=1S/C22H21N5O4/c1-12(28)25-19(22(30)31)10-13-2-4-14(5-3-13)20-23-8-7-17(27-20)18-11-15-16(26-18)6-9-24-21(15)29/h2-5,7-8,11,19,26H,6,9-10H2,1H3,(H,24,29)(H,25,28)(H,30,31)/t19-/m0/s1. The summed E-state index contributed by atoms with van der Waals surface area (Å²) in [6, 6.07) is 9.80. The summed E-state index contributed by atoms with van der Waals surface area (Å²) in [5.41, 5.74) is 4.50. The molecule has 0 radical (unpaired) electrons. The van der Waals surface area contributed by atoms with Gasteiger partial charge in [-0.1, -0.05) is 24.3 Å². The lowest BCUT2D eigenvalue weighted by Gasteiger charge is -2.13. The molecule has 4 N–H and O–H groups in total. The molecular formula is C22H21N5O4. The maximum absolute atomic E-state index is 12.0. The van der Waals surface area contributed by atoms with Gasteiger partial charge >= 0.3 is 5.97 Å². The minimum absolute atomic E-state index is 0.0902. The minimum atomic E-state index is -1.09. The van der Waals surface area contributed by atoms with Gasteiger partial charge in [0.05, 0.1) is 17.0 Å². The second-order valence-electron chi connectivity index (χ2n) is 7.34. The molecule has 1 aromatic carbocycles. The quantitative estimate of drug-likeness (QED) is 0.478. The number of aromatic nitrogens is 3. The van der Waals surface area contributed by atoms with E-state index in [1.54, 1.807) is 30.5 Å². The molecule has 0 spiro atoms. The van der Waals surface area contributed by atoms with Gasteiger partial charge in [-0.3, -0.25) is 9.59 Å². The Morgan fingerprint density at radius 1 is 1.23 bits per heavy atom. The highest BCUT2D eigenvalue weighted by molar-refractivity contribution is 5.97. The van der Waals surface area contributed by atoms with Crippen molar-refractivity contribution in [3.63, 3.8) is 0 Å². The lowest BCUT2D eigenvalue weighted by molar-refractivity contribution is -0.141. The number of hydrogen-bond donors (Lipinski definition) is 4. The Hall–Kier alpha value is -4.01. The molecule has 1 aliphatic heterocycles. The highest BCUT2D eigenvalue weighted by atomic mass is 16.4. The Balaban J connectivity index is 1.55. The Bertz CT molecular complexity index is 1150. The second-order valence-corrected chi connectivity index (χ2v) is 7.34. The Morgan fingerprint density at radius 3 is 2.68 bits per heavy atom. The molecule has 0 aliphatic carbocycles. The van der Waals surface area contributed by atoms with Crippen molar-refractivity contribution in [2.45, 2.75) is 25.8 Å². The summed E-state index contributed by atoms with van der Waals surface area (Å²) >= 11 is 0. The molecule has 2 aromatic heterocycles. The molecule has 158 valence electrons. The molecule has 31 heavy (non-hydrogen) atoms. The van der Waals surface area contributed by atoms with Crippen molar-refractivity contribution in [1.29, 1.82) is 0 Å². The molecule has 1 atom stereocenters. The molecule has 2 amide bonds. The number of nitrogens with one attached hydrogen (secondary N) is 3. The zero-order chi connectivity index (χ0) is 22.0. The molecule has 4 rings (SSSR count).